The van der Waals surface area contributed by atoms with Crippen molar-refractivity contribution in [2.45, 2.75) is 32.6 Å². The van der Waals surface area contributed by atoms with Crippen molar-refractivity contribution in [2.75, 3.05) is 6.61 Å². The molecule has 1 N–H and O–H groups in total. The largest absolute Gasteiger partial charge is 0.388 e. The summed E-state index contributed by atoms with van der Waals surface area (Å²) < 4.78 is 7.23. The maximum atomic E-state index is 9.84. The monoisotopic (exact) mass is 195 g/mol. The van der Waals surface area contributed by atoms with Gasteiger partial charge in [0.25, 0.3) is 0 Å². The molecule has 0 radical (unpaired) electrons. The highest BCUT2D eigenvalue weighted by Gasteiger charge is 2.31. The van der Waals surface area contributed by atoms with Crippen LogP contribution in [0.15, 0.2) is 18.5 Å². The normalized spacial score (nSPS) is 18.4. The van der Waals surface area contributed by atoms with Crippen LogP contribution in [0.25, 0.3) is 0 Å². The summed E-state index contributed by atoms with van der Waals surface area (Å²) in [6.07, 6.45) is 5.99. The van der Waals surface area contributed by atoms with Gasteiger partial charge in [-0.3, -0.25) is 0 Å². The molecule has 2 rings (SSSR count). The standard InChI is InChI=1S/C11H17NO2/c1-2-14-8-12-6-5-10(7-12)11(13)9-3-4-9/h5-7,9,11,13H,2-4,8H2,1H3. The van der Waals surface area contributed by atoms with Crippen LogP contribution in [0, 0.1) is 5.92 Å². The van der Waals surface area contributed by atoms with E-state index >= 15 is 0 Å². The Balaban J connectivity index is 1.94. The number of aliphatic hydroxyl groups is 1. The second-order valence-corrected chi connectivity index (χ2v) is 3.86. The number of ether oxygens (including phenoxy) is 1. The maximum absolute atomic E-state index is 9.84. The van der Waals surface area contributed by atoms with Gasteiger partial charge in [0.2, 0.25) is 0 Å². The lowest BCUT2D eigenvalue weighted by atomic mass is 10.1. The van der Waals surface area contributed by atoms with Gasteiger partial charge in [-0.05, 0) is 37.3 Å². The van der Waals surface area contributed by atoms with E-state index in [0.717, 1.165) is 25.0 Å². The Morgan fingerprint density at radius 1 is 1.64 bits per heavy atom. The lowest BCUT2D eigenvalue weighted by Crippen LogP contribution is -2.01. The number of aliphatic hydroxyl groups excluding tert-OH is 1. The predicted molar refractivity (Wildman–Crippen MR) is 53.7 cm³/mol. The van der Waals surface area contributed by atoms with Crippen molar-refractivity contribution in [1.29, 1.82) is 0 Å². The van der Waals surface area contributed by atoms with Gasteiger partial charge in [-0.2, -0.15) is 0 Å². The van der Waals surface area contributed by atoms with Gasteiger partial charge in [-0.25, -0.2) is 0 Å². The molecule has 14 heavy (non-hydrogen) atoms. The van der Waals surface area contributed by atoms with Gasteiger partial charge in [0.15, 0.2) is 0 Å². The summed E-state index contributed by atoms with van der Waals surface area (Å²) in [5.41, 5.74) is 1.02. The Kier molecular flexibility index (Phi) is 2.89. The van der Waals surface area contributed by atoms with E-state index in [1.807, 2.05) is 30.0 Å². The van der Waals surface area contributed by atoms with Crippen LogP contribution in [-0.4, -0.2) is 16.3 Å². The van der Waals surface area contributed by atoms with Crippen LogP contribution >= 0.6 is 0 Å². The molecule has 3 nitrogen and oxygen atoms in total. The first-order valence-corrected chi connectivity index (χ1v) is 5.22. The van der Waals surface area contributed by atoms with Crippen molar-refractivity contribution in [3.8, 4) is 0 Å². The van der Waals surface area contributed by atoms with Crippen LogP contribution in [0.3, 0.4) is 0 Å². The molecular formula is C11H17NO2. The molecule has 1 saturated carbocycles. The van der Waals surface area contributed by atoms with Crippen LogP contribution in [0.1, 0.15) is 31.4 Å². The van der Waals surface area contributed by atoms with Gasteiger partial charge in [0.1, 0.15) is 6.73 Å². The number of hydrogen-bond acceptors (Lipinski definition) is 2. The molecule has 0 amide bonds. The minimum atomic E-state index is -0.266. The Morgan fingerprint density at radius 3 is 3.07 bits per heavy atom. The molecule has 0 aromatic carbocycles. The number of rotatable bonds is 5. The van der Waals surface area contributed by atoms with Gasteiger partial charge < -0.3 is 14.4 Å². The van der Waals surface area contributed by atoms with Crippen molar-refractivity contribution in [1.82, 2.24) is 4.57 Å². The van der Waals surface area contributed by atoms with Crippen molar-refractivity contribution >= 4 is 0 Å². The molecule has 1 heterocycles. The van der Waals surface area contributed by atoms with Gasteiger partial charge in [0.05, 0.1) is 6.10 Å². The third kappa shape index (κ3) is 2.16. The van der Waals surface area contributed by atoms with E-state index in [-0.39, 0.29) is 6.10 Å². The first kappa shape index (κ1) is 9.74. The molecule has 1 unspecified atom stereocenters. The van der Waals surface area contributed by atoms with E-state index < -0.39 is 0 Å². The molecule has 1 fully saturated rings. The maximum Gasteiger partial charge on any atom is 0.122 e. The molecule has 1 aliphatic carbocycles. The zero-order valence-electron chi connectivity index (χ0n) is 8.52. The van der Waals surface area contributed by atoms with Gasteiger partial charge in [-0.15, -0.1) is 0 Å². The van der Waals surface area contributed by atoms with E-state index in [2.05, 4.69) is 0 Å². The van der Waals surface area contributed by atoms with Crippen LogP contribution in [0.5, 0.6) is 0 Å². The van der Waals surface area contributed by atoms with Gasteiger partial charge in [0, 0.05) is 19.0 Å². The summed E-state index contributed by atoms with van der Waals surface area (Å²) in [7, 11) is 0. The first-order chi connectivity index (χ1) is 6.81. The molecule has 1 atom stereocenters. The van der Waals surface area contributed by atoms with E-state index in [1.54, 1.807) is 0 Å². The van der Waals surface area contributed by atoms with Crippen molar-refractivity contribution in [2.24, 2.45) is 5.92 Å². The second-order valence-electron chi connectivity index (χ2n) is 3.86. The lowest BCUT2D eigenvalue weighted by Gasteiger charge is -2.06. The minimum Gasteiger partial charge on any atom is -0.388 e. The third-order valence-electron chi connectivity index (χ3n) is 2.63. The Morgan fingerprint density at radius 2 is 2.43 bits per heavy atom. The third-order valence-corrected chi connectivity index (χ3v) is 2.63. The summed E-state index contributed by atoms with van der Waals surface area (Å²) in [5.74, 6) is 0.498. The quantitative estimate of drug-likeness (QED) is 0.779. The molecule has 0 spiro atoms. The van der Waals surface area contributed by atoms with Crippen LogP contribution in [0.2, 0.25) is 0 Å². The van der Waals surface area contributed by atoms with Crippen LogP contribution in [0.4, 0.5) is 0 Å². The van der Waals surface area contributed by atoms with E-state index in [1.165, 1.54) is 0 Å². The fourth-order valence-electron chi connectivity index (χ4n) is 1.60. The fraction of sp³-hybridized carbons (Fsp3) is 0.636. The average Bonchev–Trinajstić information content (AvgIpc) is 2.94. The first-order valence-electron chi connectivity index (χ1n) is 5.22. The highest BCUT2D eigenvalue weighted by Crippen LogP contribution is 2.40. The van der Waals surface area contributed by atoms with E-state index in [0.29, 0.717) is 12.6 Å². The summed E-state index contributed by atoms with van der Waals surface area (Å²) in [6, 6.07) is 1.97. The Bertz CT molecular complexity index is 291. The molecule has 78 valence electrons. The summed E-state index contributed by atoms with van der Waals surface area (Å²) >= 11 is 0. The zero-order chi connectivity index (χ0) is 9.97. The highest BCUT2D eigenvalue weighted by molar-refractivity contribution is 5.15. The SMILES string of the molecule is CCOCn1ccc(C(O)C2CC2)c1. The molecule has 0 saturated heterocycles. The van der Waals surface area contributed by atoms with E-state index in [9.17, 15) is 5.11 Å². The van der Waals surface area contributed by atoms with Crippen LogP contribution < -0.4 is 0 Å². The number of aromatic nitrogens is 1. The Hall–Kier alpha value is -0.800. The molecule has 3 heteroatoms. The Labute approximate surface area is 84.3 Å². The number of nitrogens with zero attached hydrogens (tertiary/aromatic N) is 1. The molecule has 1 aromatic heterocycles. The van der Waals surface area contributed by atoms with Crippen molar-refractivity contribution < 1.29 is 9.84 Å². The summed E-state index contributed by atoms with van der Waals surface area (Å²) in [6.45, 7) is 3.27. The van der Waals surface area contributed by atoms with E-state index in [4.69, 9.17) is 4.74 Å². The van der Waals surface area contributed by atoms with Crippen LogP contribution in [-0.2, 0) is 11.5 Å². The topological polar surface area (TPSA) is 34.4 Å². The van der Waals surface area contributed by atoms with Crippen molar-refractivity contribution in [3.05, 3.63) is 24.0 Å². The molecular weight excluding hydrogens is 178 g/mol. The predicted octanol–water partition coefficient (Wildman–Crippen LogP) is 1.93. The molecule has 0 aliphatic heterocycles. The fourth-order valence-corrected chi connectivity index (χ4v) is 1.60. The second kappa shape index (κ2) is 4.15. The smallest absolute Gasteiger partial charge is 0.122 e. The number of hydrogen-bond donors (Lipinski definition) is 1. The zero-order valence-corrected chi connectivity index (χ0v) is 8.52. The van der Waals surface area contributed by atoms with Gasteiger partial charge in [-0.1, -0.05) is 0 Å². The summed E-state index contributed by atoms with van der Waals surface area (Å²) in [5, 5.41) is 9.84. The average molecular weight is 195 g/mol. The highest BCUT2D eigenvalue weighted by atomic mass is 16.5. The molecule has 1 aromatic rings. The molecule has 0 bridgehead atoms. The molecule has 1 aliphatic rings. The lowest BCUT2D eigenvalue weighted by molar-refractivity contribution is 0.0875. The summed E-state index contributed by atoms with van der Waals surface area (Å²) in [4.78, 5) is 0. The van der Waals surface area contributed by atoms with Crippen molar-refractivity contribution in [3.63, 3.8) is 0 Å². The van der Waals surface area contributed by atoms with Gasteiger partial charge >= 0.3 is 0 Å². The minimum absolute atomic E-state index is 0.266.